The van der Waals surface area contributed by atoms with Crippen molar-refractivity contribution < 1.29 is 4.79 Å². The zero-order valence-corrected chi connectivity index (χ0v) is 10.1. The minimum atomic E-state index is -0.216. The average Bonchev–Trinajstić information content (AvgIpc) is 3.17. The summed E-state index contributed by atoms with van der Waals surface area (Å²) in [5, 5.41) is 2.99. The second-order valence-electron chi connectivity index (χ2n) is 4.83. The van der Waals surface area contributed by atoms with Crippen LogP contribution in [0.5, 0.6) is 0 Å². The third-order valence-corrected chi connectivity index (χ3v) is 3.50. The monoisotopic (exact) mass is 232 g/mol. The molecule has 1 fully saturated rings. The van der Waals surface area contributed by atoms with Gasteiger partial charge in [0.25, 0.3) is 0 Å². The summed E-state index contributed by atoms with van der Waals surface area (Å²) in [4.78, 5) is 11.8. The number of carbonyl (C=O) groups is 1. The summed E-state index contributed by atoms with van der Waals surface area (Å²) >= 11 is 0. The Kier molecular flexibility index (Phi) is 3.79. The molecule has 1 aliphatic carbocycles. The van der Waals surface area contributed by atoms with Crippen LogP contribution in [0, 0.1) is 5.41 Å². The Morgan fingerprint density at radius 1 is 1.29 bits per heavy atom. The van der Waals surface area contributed by atoms with E-state index < -0.39 is 0 Å². The summed E-state index contributed by atoms with van der Waals surface area (Å²) in [7, 11) is 0. The van der Waals surface area contributed by atoms with Gasteiger partial charge in [-0.2, -0.15) is 0 Å². The van der Waals surface area contributed by atoms with Crippen LogP contribution in [0.3, 0.4) is 0 Å². The zero-order valence-electron chi connectivity index (χ0n) is 10.1. The van der Waals surface area contributed by atoms with Gasteiger partial charge in [0.05, 0.1) is 5.41 Å². The molecule has 1 saturated carbocycles. The van der Waals surface area contributed by atoms with Crippen molar-refractivity contribution in [1.29, 1.82) is 0 Å². The van der Waals surface area contributed by atoms with Gasteiger partial charge in [-0.25, -0.2) is 0 Å². The van der Waals surface area contributed by atoms with Crippen molar-refractivity contribution >= 4 is 5.91 Å². The number of nitrogens with two attached hydrogens (primary N) is 1. The number of carbonyl (C=O) groups excluding carboxylic acids is 1. The van der Waals surface area contributed by atoms with Gasteiger partial charge >= 0.3 is 0 Å². The van der Waals surface area contributed by atoms with Crippen molar-refractivity contribution in [3.63, 3.8) is 0 Å². The van der Waals surface area contributed by atoms with Crippen LogP contribution < -0.4 is 11.1 Å². The van der Waals surface area contributed by atoms with Crippen molar-refractivity contribution in [3.05, 3.63) is 35.9 Å². The zero-order chi connectivity index (χ0) is 12.1. The van der Waals surface area contributed by atoms with E-state index in [2.05, 4.69) is 17.4 Å². The van der Waals surface area contributed by atoms with Gasteiger partial charge in [0.2, 0.25) is 5.91 Å². The molecule has 3 N–H and O–H groups in total. The molecule has 2 rings (SSSR count). The van der Waals surface area contributed by atoms with Gasteiger partial charge in [0.1, 0.15) is 0 Å². The highest BCUT2D eigenvalue weighted by atomic mass is 16.2. The van der Waals surface area contributed by atoms with E-state index >= 15 is 0 Å². The number of hydrogen-bond acceptors (Lipinski definition) is 2. The van der Waals surface area contributed by atoms with Gasteiger partial charge in [0, 0.05) is 13.1 Å². The highest BCUT2D eigenvalue weighted by molar-refractivity contribution is 5.85. The number of benzene rings is 1. The van der Waals surface area contributed by atoms with Gasteiger partial charge in [-0.05, 0) is 31.2 Å². The van der Waals surface area contributed by atoms with Gasteiger partial charge in [0.15, 0.2) is 0 Å². The highest BCUT2D eigenvalue weighted by Crippen LogP contribution is 2.44. The molecule has 17 heavy (non-hydrogen) atoms. The molecule has 3 heteroatoms. The molecule has 0 heterocycles. The summed E-state index contributed by atoms with van der Waals surface area (Å²) in [5.41, 5.74) is 6.71. The molecule has 1 aromatic carbocycles. The predicted octanol–water partition coefficient (Wildman–Crippen LogP) is 1.47. The number of hydrogen-bond donors (Lipinski definition) is 2. The van der Waals surface area contributed by atoms with Gasteiger partial charge in [-0.3, -0.25) is 4.79 Å². The minimum Gasteiger partial charge on any atom is -0.356 e. The number of amides is 1. The second kappa shape index (κ2) is 5.32. The SMILES string of the molecule is NCC1(C(=O)NCCCc2ccccc2)CC1. The van der Waals surface area contributed by atoms with E-state index in [0.29, 0.717) is 6.54 Å². The smallest absolute Gasteiger partial charge is 0.227 e. The molecule has 1 amide bonds. The molecule has 0 atom stereocenters. The summed E-state index contributed by atoms with van der Waals surface area (Å²) in [6, 6.07) is 10.3. The van der Waals surface area contributed by atoms with E-state index in [1.165, 1.54) is 5.56 Å². The molecule has 92 valence electrons. The fraction of sp³-hybridized carbons (Fsp3) is 0.500. The van der Waals surface area contributed by atoms with Crippen LogP contribution in [-0.2, 0) is 11.2 Å². The molecule has 0 radical (unpaired) electrons. The maximum atomic E-state index is 11.8. The Morgan fingerprint density at radius 2 is 2.00 bits per heavy atom. The van der Waals surface area contributed by atoms with Crippen molar-refractivity contribution in [1.82, 2.24) is 5.32 Å². The molecular weight excluding hydrogens is 212 g/mol. The van der Waals surface area contributed by atoms with Gasteiger partial charge in [-0.15, -0.1) is 0 Å². The first-order chi connectivity index (χ1) is 8.27. The van der Waals surface area contributed by atoms with E-state index in [1.807, 2.05) is 18.2 Å². The lowest BCUT2D eigenvalue weighted by molar-refractivity contribution is -0.125. The van der Waals surface area contributed by atoms with E-state index in [0.717, 1.165) is 32.2 Å². The summed E-state index contributed by atoms with van der Waals surface area (Å²) in [6.45, 7) is 1.23. The van der Waals surface area contributed by atoms with Crippen LogP contribution in [0.2, 0.25) is 0 Å². The lowest BCUT2D eigenvalue weighted by Crippen LogP contribution is -2.37. The normalized spacial score (nSPS) is 16.5. The number of nitrogens with one attached hydrogen (secondary N) is 1. The Balaban J connectivity index is 1.65. The van der Waals surface area contributed by atoms with Crippen LogP contribution in [0.25, 0.3) is 0 Å². The van der Waals surface area contributed by atoms with E-state index in [-0.39, 0.29) is 11.3 Å². The number of rotatable bonds is 6. The summed E-state index contributed by atoms with van der Waals surface area (Å²) in [6.07, 6.45) is 3.90. The Hall–Kier alpha value is -1.35. The minimum absolute atomic E-state index is 0.146. The number of aryl methyl sites for hydroxylation is 1. The largest absolute Gasteiger partial charge is 0.356 e. The first-order valence-corrected chi connectivity index (χ1v) is 6.29. The Labute approximate surface area is 102 Å². The van der Waals surface area contributed by atoms with Crippen molar-refractivity contribution in [2.75, 3.05) is 13.1 Å². The fourth-order valence-corrected chi connectivity index (χ4v) is 2.00. The van der Waals surface area contributed by atoms with Crippen LogP contribution in [0.1, 0.15) is 24.8 Å². The van der Waals surface area contributed by atoms with Crippen LogP contribution in [0.4, 0.5) is 0 Å². The third kappa shape index (κ3) is 3.07. The first-order valence-electron chi connectivity index (χ1n) is 6.29. The molecule has 0 aliphatic heterocycles. The average molecular weight is 232 g/mol. The van der Waals surface area contributed by atoms with E-state index in [4.69, 9.17) is 5.73 Å². The van der Waals surface area contributed by atoms with Crippen LogP contribution in [0.15, 0.2) is 30.3 Å². The van der Waals surface area contributed by atoms with E-state index in [1.54, 1.807) is 0 Å². The Morgan fingerprint density at radius 3 is 2.59 bits per heavy atom. The molecule has 1 aliphatic rings. The lowest BCUT2D eigenvalue weighted by Gasteiger charge is -2.12. The topological polar surface area (TPSA) is 55.1 Å². The van der Waals surface area contributed by atoms with Crippen molar-refractivity contribution in [2.24, 2.45) is 11.1 Å². The molecular formula is C14H20N2O. The predicted molar refractivity (Wildman–Crippen MR) is 68.5 cm³/mol. The Bertz CT molecular complexity index is 371. The maximum absolute atomic E-state index is 11.8. The molecule has 0 unspecified atom stereocenters. The standard InChI is InChI=1S/C14H20N2O/c15-11-14(8-9-14)13(17)16-10-4-7-12-5-2-1-3-6-12/h1-3,5-6H,4,7-11,15H2,(H,16,17). The lowest BCUT2D eigenvalue weighted by atomic mass is 10.1. The van der Waals surface area contributed by atoms with Crippen molar-refractivity contribution in [2.45, 2.75) is 25.7 Å². The summed E-state index contributed by atoms with van der Waals surface area (Å²) in [5.74, 6) is 0.146. The fourth-order valence-electron chi connectivity index (χ4n) is 2.00. The van der Waals surface area contributed by atoms with E-state index in [9.17, 15) is 4.79 Å². The second-order valence-corrected chi connectivity index (χ2v) is 4.83. The molecule has 3 nitrogen and oxygen atoms in total. The molecule has 0 spiro atoms. The highest BCUT2D eigenvalue weighted by Gasteiger charge is 2.48. The van der Waals surface area contributed by atoms with Gasteiger partial charge < -0.3 is 11.1 Å². The summed E-state index contributed by atoms with van der Waals surface area (Å²) < 4.78 is 0. The molecule has 0 bridgehead atoms. The molecule has 1 aromatic rings. The van der Waals surface area contributed by atoms with Crippen molar-refractivity contribution in [3.8, 4) is 0 Å². The van der Waals surface area contributed by atoms with Crippen LogP contribution in [-0.4, -0.2) is 19.0 Å². The van der Waals surface area contributed by atoms with Crippen LogP contribution >= 0.6 is 0 Å². The molecule has 0 aromatic heterocycles. The quantitative estimate of drug-likeness (QED) is 0.730. The maximum Gasteiger partial charge on any atom is 0.227 e. The van der Waals surface area contributed by atoms with Gasteiger partial charge in [-0.1, -0.05) is 30.3 Å². The molecule has 0 saturated heterocycles. The first kappa shape index (κ1) is 12.1. The third-order valence-electron chi connectivity index (χ3n) is 3.50.